The Morgan fingerprint density at radius 2 is 2.14 bits per heavy atom. The third-order valence-corrected chi connectivity index (χ3v) is 1.86. The number of aromatic carboxylic acids is 1. The second kappa shape index (κ2) is 4.37. The molecule has 1 aromatic carbocycles. The number of carbonyl (C=O) groups is 2. The van der Waals surface area contributed by atoms with Crippen LogP contribution >= 0.6 is 0 Å². The van der Waals surface area contributed by atoms with E-state index in [9.17, 15) is 9.59 Å². The first-order valence-electron chi connectivity index (χ1n) is 4.11. The smallest absolute Gasteiger partial charge is 0.335 e. The molecule has 0 amide bonds. The summed E-state index contributed by atoms with van der Waals surface area (Å²) in [6, 6.07) is 5.02. The van der Waals surface area contributed by atoms with Crippen molar-refractivity contribution in [1.82, 2.24) is 0 Å². The maximum Gasteiger partial charge on any atom is 0.335 e. The zero-order valence-electron chi connectivity index (χ0n) is 7.73. The van der Waals surface area contributed by atoms with Gasteiger partial charge in [0.25, 0.3) is 0 Å². The summed E-state index contributed by atoms with van der Waals surface area (Å²) in [4.78, 5) is 20.8. The Morgan fingerprint density at radius 3 is 2.71 bits per heavy atom. The van der Waals surface area contributed by atoms with Gasteiger partial charge in [-0.25, -0.2) is 4.79 Å². The van der Waals surface area contributed by atoms with Crippen molar-refractivity contribution in [2.75, 3.05) is 0 Å². The standard InChI is InChI=1S/C11H10O3/c1-8-4-5-9(3-2-6-12)7-10(8)11(13)14/h2-7H,1H3,(H,13,14). The molecule has 1 aromatic rings. The molecule has 1 rings (SSSR count). The summed E-state index contributed by atoms with van der Waals surface area (Å²) in [7, 11) is 0. The largest absolute Gasteiger partial charge is 0.478 e. The zero-order valence-corrected chi connectivity index (χ0v) is 7.73. The van der Waals surface area contributed by atoms with E-state index >= 15 is 0 Å². The fourth-order valence-corrected chi connectivity index (χ4v) is 1.12. The molecule has 14 heavy (non-hydrogen) atoms. The van der Waals surface area contributed by atoms with Crippen molar-refractivity contribution in [2.24, 2.45) is 0 Å². The van der Waals surface area contributed by atoms with E-state index in [1.54, 1.807) is 25.1 Å². The minimum atomic E-state index is -0.955. The highest BCUT2D eigenvalue weighted by atomic mass is 16.4. The van der Waals surface area contributed by atoms with Crippen LogP contribution in [0.25, 0.3) is 6.08 Å². The number of hydrogen-bond donors (Lipinski definition) is 1. The summed E-state index contributed by atoms with van der Waals surface area (Å²) >= 11 is 0. The van der Waals surface area contributed by atoms with Crippen LogP contribution in [0.1, 0.15) is 21.5 Å². The molecule has 0 saturated heterocycles. The van der Waals surface area contributed by atoms with E-state index in [-0.39, 0.29) is 5.56 Å². The summed E-state index contributed by atoms with van der Waals surface area (Å²) in [5.74, 6) is -0.955. The molecule has 0 aromatic heterocycles. The molecule has 0 spiro atoms. The van der Waals surface area contributed by atoms with E-state index in [0.717, 1.165) is 0 Å². The SMILES string of the molecule is Cc1ccc(C=CC=O)cc1C(=O)O. The first-order valence-corrected chi connectivity index (χ1v) is 4.11. The molecule has 0 aliphatic heterocycles. The van der Waals surface area contributed by atoms with Crippen molar-refractivity contribution >= 4 is 18.3 Å². The highest BCUT2D eigenvalue weighted by Gasteiger charge is 2.06. The predicted octanol–water partition coefficient (Wildman–Crippen LogP) is 1.91. The van der Waals surface area contributed by atoms with E-state index in [0.29, 0.717) is 17.4 Å². The van der Waals surface area contributed by atoms with Crippen molar-refractivity contribution in [3.05, 3.63) is 41.0 Å². The number of aldehydes is 1. The molecule has 0 unspecified atom stereocenters. The van der Waals surface area contributed by atoms with Gasteiger partial charge in [0, 0.05) is 0 Å². The molecular formula is C11H10O3. The van der Waals surface area contributed by atoms with Crippen molar-refractivity contribution in [3.63, 3.8) is 0 Å². The van der Waals surface area contributed by atoms with E-state index in [1.165, 1.54) is 12.1 Å². The number of allylic oxidation sites excluding steroid dienone is 1. The van der Waals surface area contributed by atoms with Crippen LogP contribution in [0.15, 0.2) is 24.3 Å². The second-order valence-electron chi connectivity index (χ2n) is 2.87. The Bertz CT molecular complexity index is 392. The topological polar surface area (TPSA) is 54.4 Å². The van der Waals surface area contributed by atoms with E-state index in [4.69, 9.17) is 5.11 Å². The fraction of sp³-hybridized carbons (Fsp3) is 0.0909. The third kappa shape index (κ3) is 2.29. The molecule has 0 aliphatic rings. The van der Waals surface area contributed by atoms with Gasteiger partial charge in [-0.05, 0) is 30.2 Å². The number of carboxylic acid groups (broad SMARTS) is 1. The van der Waals surface area contributed by atoms with Crippen molar-refractivity contribution in [1.29, 1.82) is 0 Å². The average molecular weight is 190 g/mol. The summed E-state index contributed by atoms with van der Waals surface area (Å²) in [6.07, 6.45) is 3.55. The molecule has 0 heterocycles. The third-order valence-electron chi connectivity index (χ3n) is 1.86. The number of hydrogen-bond acceptors (Lipinski definition) is 2. The van der Waals surface area contributed by atoms with Gasteiger partial charge in [-0.2, -0.15) is 0 Å². The average Bonchev–Trinajstić information content (AvgIpc) is 2.16. The van der Waals surface area contributed by atoms with E-state index in [2.05, 4.69) is 0 Å². The molecule has 0 bridgehead atoms. The van der Waals surface area contributed by atoms with Crippen LogP contribution in [0.3, 0.4) is 0 Å². The lowest BCUT2D eigenvalue weighted by Gasteiger charge is -2.01. The monoisotopic (exact) mass is 190 g/mol. The quantitative estimate of drug-likeness (QED) is 0.585. The van der Waals surface area contributed by atoms with Crippen LogP contribution < -0.4 is 0 Å². The molecule has 0 radical (unpaired) electrons. The molecule has 1 N–H and O–H groups in total. The highest BCUT2D eigenvalue weighted by Crippen LogP contribution is 2.12. The summed E-state index contributed by atoms with van der Waals surface area (Å²) in [5, 5.41) is 8.82. The predicted molar refractivity (Wildman–Crippen MR) is 53.2 cm³/mol. The molecular weight excluding hydrogens is 180 g/mol. The first kappa shape index (κ1) is 10.2. The van der Waals surface area contributed by atoms with Crippen LogP contribution in [-0.2, 0) is 4.79 Å². The van der Waals surface area contributed by atoms with Crippen LogP contribution in [0.4, 0.5) is 0 Å². The van der Waals surface area contributed by atoms with Crippen LogP contribution in [0.5, 0.6) is 0 Å². The molecule has 0 saturated carbocycles. The minimum Gasteiger partial charge on any atom is -0.478 e. The summed E-state index contributed by atoms with van der Waals surface area (Å²) < 4.78 is 0. The number of carbonyl (C=O) groups excluding carboxylic acids is 1. The molecule has 3 heteroatoms. The van der Waals surface area contributed by atoms with Gasteiger partial charge in [0.1, 0.15) is 6.29 Å². The summed E-state index contributed by atoms with van der Waals surface area (Å²) in [5.41, 5.74) is 1.68. The lowest BCUT2D eigenvalue weighted by Crippen LogP contribution is -1.99. The lowest BCUT2D eigenvalue weighted by molar-refractivity contribution is -0.104. The van der Waals surface area contributed by atoms with Crippen LogP contribution in [-0.4, -0.2) is 17.4 Å². The van der Waals surface area contributed by atoms with E-state index < -0.39 is 5.97 Å². The Balaban J connectivity index is 3.12. The van der Waals surface area contributed by atoms with Gasteiger partial charge >= 0.3 is 5.97 Å². The van der Waals surface area contributed by atoms with Gasteiger partial charge in [0.05, 0.1) is 5.56 Å². The normalized spacial score (nSPS) is 10.4. The Hall–Kier alpha value is -1.90. The summed E-state index contributed by atoms with van der Waals surface area (Å²) in [6.45, 7) is 1.73. The Labute approximate surface area is 81.7 Å². The fourth-order valence-electron chi connectivity index (χ4n) is 1.12. The highest BCUT2D eigenvalue weighted by molar-refractivity contribution is 5.90. The van der Waals surface area contributed by atoms with Gasteiger partial charge in [-0.15, -0.1) is 0 Å². The van der Waals surface area contributed by atoms with Crippen molar-refractivity contribution in [3.8, 4) is 0 Å². The number of carboxylic acids is 1. The second-order valence-corrected chi connectivity index (χ2v) is 2.87. The molecule has 72 valence electrons. The van der Waals surface area contributed by atoms with Crippen LogP contribution in [0.2, 0.25) is 0 Å². The van der Waals surface area contributed by atoms with Gasteiger partial charge in [0.2, 0.25) is 0 Å². The first-order chi connectivity index (χ1) is 6.65. The van der Waals surface area contributed by atoms with Crippen molar-refractivity contribution < 1.29 is 14.7 Å². The molecule has 0 atom stereocenters. The minimum absolute atomic E-state index is 0.262. The van der Waals surface area contributed by atoms with Gasteiger partial charge in [0.15, 0.2) is 0 Å². The lowest BCUT2D eigenvalue weighted by atomic mass is 10.0. The van der Waals surface area contributed by atoms with E-state index in [1.807, 2.05) is 0 Å². The van der Waals surface area contributed by atoms with Gasteiger partial charge in [-0.1, -0.05) is 18.2 Å². The Morgan fingerprint density at radius 1 is 1.43 bits per heavy atom. The van der Waals surface area contributed by atoms with Crippen molar-refractivity contribution in [2.45, 2.75) is 6.92 Å². The van der Waals surface area contributed by atoms with Crippen LogP contribution in [0, 0.1) is 6.92 Å². The molecule has 0 fully saturated rings. The maximum absolute atomic E-state index is 10.8. The van der Waals surface area contributed by atoms with Gasteiger partial charge < -0.3 is 5.11 Å². The number of benzene rings is 1. The molecule has 0 aliphatic carbocycles. The van der Waals surface area contributed by atoms with Gasteiger partial charge in [-0.3, -0.25) is 4.79 Å². The Kier molecular flexibility index (Phi) is 3.18. The zero-order chi connectivity index (χ0) is 10.6. The maximum atomic E-state index is 10.8. The number of aryl methyl sites for hydroxylation is 1. The molecule has 3 nitrogen and oxygen atoms in total. The number of rotatable bonds is 3.